The lowest BCUT2D eigenvalue weighted by atomic mass is 10.3. The van der Waals surface area contributed by atoms with Crippen molar-refractivity contribution < 1.29 is 13.5 Å². The van der Waals surface area contributed by atoms with Crippen LogP contribution in [0.3, 0.4) is 0 Å². The SMILES string of the molecule is CCC(CO)NS(=O)(=O)c1ncn(C)c1Cl. The van der Waals surface area contributed by atoms with Crippen LogP contribution in [0, 0.1) is 0 Å². The summed E-state index contributed by atoms with van der Waals surface area (Å²) in [5.74, 6) is 0. The Bertz CT molecular complexity index is 453. The molecule has 1 aromatic rings. The van der Waals surface area contributed by atoms with Crippen LogP contribution >= 0.6 is 11.6 Å². The Labute approximate surface area is 99.3 Å². The highest BCUT2D eigenvalue weighted by molar-refractivity contribution is 7.89. The molecule has 0 aliphatic rings. The molecule has 92 valence electrons. The minimum atomic E-state index is -3.77. The largest absolute Gasteiger partial charge is 0.395 e. The molecule has 0 saturated heterocycles. The zero-order valence-corrected chi connectivity index (χ0v) is 10.6. The van der Waals surface area contributed by atoms with Crippen molar-refractivity contribution in [3.05, 3.63) is 11.5 Å². The number of nitrogens with one attached hydrogen (secondary N) is 1. The summed E-state index contributed by atoms with van der Waals surface area (Å²) in [4.78, 5) is 3.71. The first-order chi connectivity index (χ1) is 7.42. The zero-order chi connectivity index (χ0) is 12.3. The molecule has 16 heavy (non-hydrogen) atoms. The highest BCUT2D eigenvalue weighted by Gasteiger charge is 2.24. The molecule has 1 heterocycles. The molecule has 8 heteroatoms. The smallest absolute Gasteiger partial charge is 0.261 e. The summed E-state index contributed by atoms with van der Waals surface area (Å²) in [7, 11) is -2.17. The molecule has 1 unspecified atom stereocenters. The van der Waals surface area contributed by atoms with Gasteiger partial charge in [0.1, 0.15) is 5.15 Å². The van der Waals surface area contributed by atoms with Crippen LogP contribution in [0.15, 0.2) is 11.4 Å². The second-order valence-electron chi connectivity index (χ2n) is 3.36. The van der Waals surface area contributed by atoms with Crippen molar-refractivity contribution in [3.63, 3.8) is 0 Å². The molecule has 0 aliphatic heterocycles. The molecule has 1 atom stereocenters. The summed E-state index contributed by atoms with van der Waals surface area (Å²) < 4.78 is 27.3. The lowest BCUT2D eigenvalue weighted by Gasteiger charge is -2.13. The fourth-order valence-electron chi connectivity index (χ4n) is 1.10. The number of aryl methyl sites for hydroxylation is 1. The van der Waals surface area contributed by atoms with Crippen LogP contribution in [0.5, 0.6) is 0 Å². The van der Waals surface area contributed by atoms with Crippen molar-refractivity contribution in [1.82, 2.24) is 14.3 Å². The van der Waals surface area contributed by atoms with Gasteiger partial charge >= 0.3 is 0 Å². The summed E-state index contributed by atoms with van der Waals surface area (Å²) in [5, 5.41) is 8.75. The van der Waals surface area contributed by atoms with Gasteiger partial charge in [-0.25, -0.2) is 18.1 Å². The minimum absolute atomic E-state index is 0.0419. The first-order valence-electron chi connectivity index (χ1n) is 4.72. The van der Waals surface area contributed by atoms with Gasteiger partial charge in [-0.15, -0.1) is 0 Å². The van der Waals surface area contributed by atoms with Gasteiger partial charge in [0.15, 0.2) is 0 Å². The molecule has 0 aliphatic carbocycles. The van der Waals surface area contributed by atoms with Gasteiger partial charge in [-0.2, -0.15) is 0 Å². The quantitative estimate of drug-likeness (QED) is 0.794. The van der Waals surface area contributed by atoms with Gasteiger partial charge in [0.05, 0.1) is 12.9 Å². The maximum atomic E-state index is 11.8. The Balaban J connectivity index is 2.99. The minimum Gasteiger partial charge on any atom is -0.395 e. The number of aliphatic hydroxyl groups excluding tert-OH is 1. The predicted octanol–water partition coefficient (Wildman–Crippen LogP) is 0.123. The first kappa shape index (κ1) is 13.4. The maximum absolute atomic E-state index is 11.8. The van der Waals surface area contributed by atoms with Gasteiger partial charge in [0.25, 0.3) is 10.0 Å². The van der Waals surface area contributed by atoms with Gasteiger partial charge in [-0.05, 0) is 6.42 Å². The molecule has 0 aromatic carbocycles. The Kier molecular flexibility index (Phi) is 4.31. The highest BCUT2D eigenvalue weighted by Crippen LogP contribution is 2.18. The lowest BCUT2D eigenvalue weighted by Crippen LogP contribution is -2.37. The summed E-state index contributed by atoms with van der Waals surface area (Å²) in [6.07, 6.45) is 1.80. The maximum Gasteiger partial charge on any atom is 0.261 e. The molecule has 0 spiro atoms. The summed E-state index contributed by atoms with van der Waals surface area (Å²) >= 11 is 5.78. The van der Waals surface area contributed by atoms with Gasteiger partial charge in [0, 0.05) is 13.1 Å². The topological polar surface area (TPSA) is 84.2 Å². The second-order valence-corrected chi connectivity index (χ2v) is 5.35. The first-order valence-corrected chi connectivity index (χ1v) is 6.58. The third kappa shape index (κ3) is 2.73. The normalized spacial score (nSPS) is 14.0. The van der Waals surface area contributed by atoms with Crippen LogP contribution in [0.4, 0.5) is 0 Å². The predicted molar refractivity (Wildman–Crippen MR) is 59.7 cm³/mol. The Morgan fingerprint density at radius 1 is 1.69 bits per heavy atom. The fraction of sp³-hybridized carbons (Fsp3) is 0.625. The van der Waals surface area contributed by atoms with E-state index in [1.54, 1.807) is 14.0 Å². The van der Waals surface area contributed by atoms with E-state index in [0.29, 0.717) is 6.42 Å². The average Bonchev–Trinajstić information content (AvgIpc) is 2.57. The summed E-state index contributed by atoms with van der Waals surface area (Å²) in [6.45, 7) is 1.50. The molecule has 0 amide bonds. The standard InChI is InChI=1S/C8H14ClN3O3S/c1-3-6(4-13)11-16(14,15)8-7(9)12(2)5-10-8/h5-6,11,13H,3-4H2,1-2H3. The fourth-order valence-corrected chi connectivity index (χ4v) is 2.84. The van der Waals surface area contributed by atoms with E-state index in [2.05, 4.69) is 9.71 Å². The lowest BCUT2D eigenvalue weighted by molar-refractivity contribution is 0.253. The number of rotatable bonds is 5. The van der Waals surface area contributed by atoms with E-state index in [1.165, 1.54) is 10.9 Å². The van der Waals surface area contributed by atoms with E-state index < -0.39 is 16.1 Å². The van der Waals surface area contributed by atoms with Crippen LogP contribution in [0.1, 0.15) is 13.3 Å². The number of halogens is 1. The third-order valence-corrected chi connectivity index (χ3v) is 4.13. The molecule has 0 radical (unpaired) electrons. The molecule has 0 fully saturated rings. The molecule has 1 rings (SSSR count). The Morgan fingerprint density at radius 2 is 2.31 bits per heavy atom. The highest BCUT2D eigenvalue weighted by atomic mass is 35.5. The van der Waals surface area contributed by atoms with E-state index in [4.69, 9.17) is 16.7 Å². The monoisotopic (exact) mass is 267 g/mol. The van der Waals surface area contributed by atoms with Crippen molar-refractivity contribution >= 4 is 21.6 Å². The van der Waals surface area contributed by atoms with Crippen LogP contribution in [0.2, 0.25) is 5.15 Å². The molecular weight excluding hydrogens is 254 g/mol. The van der Waals surface area contributed by atoms with E-state index in [9.17, 15) is 8.42 Å². The van der Waals surface area contributed by atoms with Crippen LogP contribution in [-0.2, 0) is 17.1 Å². The van der Waals surface area contributed by atoms with Gasteiger partial charge in [0.2, 0.25) is 5.03 Å². The number of hydrogen-bond donors (Lipinski definition) is 2. The van der Waals surface area contributed by atoms with Crippen LogP contribution in [-0.4, -0.2) is 35.7 Å². The molecular formula is C8H14ClN3O3S. The van der Waals surface area contributed by atoms with Gasteiger partial charge < -0.3 is 9.67 Å². The molecule has 1 aromatic heterocycles. The number of aliphatic hydroxyl groups is 1. The van der Waals surface area contributed by atoms with Gasteiger partial charge in [-0.1, -0.05) is 18.5 Å². The van der Waals surface area contributed by atoms with E-state index in [-0.39, 0.29) is 16.8 Å². The molecule has 0 saturated carbocycles. The van der Waals surface area contributed by atoms with Gasteiger partial charge in [-0.3, -0.25) is 0 Å². The Morgan fingerprint density at radius 3 is 2.69 bits per heavy atom. The number of hydrogen-bond acceptors (Lipinski definition) is 4. The molecule has 0 bridgehead atoms. The Hall–Kier alpha value is -0.630. The van der Waals surface area contributed by atoms with E-state index in [1.807, 2.05) is 0 Å². The average molecular weight is 268 g/mol. The van der Waals surface area contributed by atoms with Crippen LogP contribution < -0.4 is 4.72 Å². The number of sulfonamides is 1. The zero-order valence-electron chi connectivity index (χ0n) is 9.01. The molecule has 6 nitrogen and oxygen atoms in total. The van der Waals surface area contributed by atoms with Crippen LogP contribution in [0.25, 0.3) is 0 Å². The van der Waals surface area contributed by atoms with E-state index >= 15 is 0 Å². The number of aromatic nitrogens is 2. The third-order valence-electron chi connectivity index (χ3n) is 2.12. The number of nitrogens with zero attached hydrogens (tertiary/aromatic N) is 2. The second kappa shape index (κ2) is 5.13. The molecule has 2 N–H and O–H groups in total. The van der Waals surface area contributed by atoms with E-state index in [0.717, 1.165) is 0 Å². The summed E-state index contributed by atoms with van der Waals surface area (Å²) in [5.41, 5.74) is 0. The van der Waals surface area contributed by atoms with Crippen molar-refractivity contribution in [1.29, 1.82) is 0 Å². The van der Waals surface area contributed by atoms with Crippen molar-refractivity contribution in [2.75, 3.05) is 6.61 Å². The van der Waals surface area contributed by atoms with Crippen molar-refractivity contribution in [2.24, 2.45) is 7.05 Å². The number of imidazole rings is 1. The van der Waals surface area contributed by atoms with Crippen molar-refractivity contribution in [2.45, 2.75) is 24.4 Å². The van der Waals surface area contributed by atoms with Crippen molar-refractivity contribution in [3.8, 4) is 0 Å². The summed E-state index contributed by atoms with van der Waals surface area (Å²) in [6, 6.07) is -0.525.